The van der Waals surface area contributed by atoms with Crippen LogP contribution in [0.1, 0.15) is 25.7 Å². The fourth-order valence-corrected chi connectivity index (χ4v) is 4.49. The summed E-state index contributed by atoms with van der Waals surface area (Å²) in [5, 5.41) is 11.3. The predicted octanol–water partition coefficient (Wildman–Crippen LogP) is 2.79. The molecule has 0 spiro atoms. The number of hydrogen-bond donors (Lipinski definition) is 3. The second kappa shape index (κ2) is 9.27. The lowest BCUT2D eigenvalue weighted by atomic mass is 10.1. The van der Waals surface area contributed by atoms with Gasteiger partial charge in [0.2, 0.25) is 5.91 Å². The summed E-state index contributed by atoms with van der Waals surface area (Å²) in [5.74, 6) is 0.0165. The fraction of sp³-hybridized carbons (Fsp3) is 0.333. The second-order valence-electron chi connectivity index (χ2n) is 7.35. The third-order valence-electron chi connectivity index (χ3n) is 4.70. The summed E-state index contributed by atoms with van der Waals surface area (Å²) < 4.78 is 30.3. The van der Waals surface area contributed by atoms with Gasteiger partial charge in [-0.2, -0.15) is 0 Å². The first kappa shape index (κ1) is 21.8. The maximum Gasteiger partial charge on any atom is 0.303 e. The Bertz CT molecular complexity index is 999. The van der Waals surface area contributed by atoms with Gasteiger partial charge in [-0.3, -0.25) is 9.59 Å². The maximum absolute atomic E-state index is 12.3. The minimum absolute atomic E-state index is 0.0503. The maximum atomic E-state index is 12.3. The van der Waals surface area contributed by atoms with E-state index in [2.05, 4.69) is 5.32 Å². The molecule has 2 aromatic carbocycles. The molecule has 1 saturated carbocycles. The first-order valence-electron chi connectivity index (χ1n) is 9.62. The molecule has 0 aromatic heterocycles. The van der Waals surface area contributed by atoms with Crippen LogP contribution in [-0.2, 0) is 19.4 Å². The first-order chi connectivity index (χ1) is 14.2. The summed E-state index contributed by atoms with van der Waals surface area (Å²) in [4.78, 5) is 22.8. The van der Waals surface area contributed by atoms with Crippen LogP contribution in [0.25, 0.3) is 0 Å². The highest BCUT2D eigenvalue weighted by Gasteiger charge is 2.29. The average Bonchev–Trinajstić information content (AvgIpc) is 3.51. The summed E-state index contributed by atoms with van der Waals surface area (Å²) >= 11 is 0. The highest BCUT2D eigenvalue weighted by molar-refractivity contribution is 7.91. The summed E-state index contributed by atoms with van der Waals surface area (Å²) in [6.45, 7) is 0. The van der Waals surface area contributed by atoms with Crippen LogP contribution in [0.5, 0.6) is 11.5 Å². The number of aliphatic carboxylic acids is 1. The Kier molecular flexibility index (Phi) is 6.73. The number of nitrogens with two attached hydrogens (primary N) is 1. The molecular weight excluding hydrogens is 408 g/mol. The number of carboxylic acids is 1. The number of hydrogen-bond acceptors (Lipinski definition) is 6. The molecule has 9 heteroatoms. The average molecular weight is 432 g/mol. The van der Waals surface area contributed by atoms with Gasteiger partial charge >= 0.3 is 5.97 Å². The quantitative estimate of drug-likeness (QED) is 0.525. The van der Waals surface area contributed by atoms with Gasteiger partial charge in [0, 0.05) is 12.1 Å². The Morgan fingerprint density at radius 3 is 2.17 bits per heavy atom. The SMILES string of the molecule is NC(CCC(=O)O)C(=O)Nc1ccc(Oc2ccc(S(=O)(=O)CC3CC3)cc2)cc1. The van der Waals surface area contributed by atoms with Gasteiger partial charge in [-0.05, 0) is 73.7 Å². The molecule has 0 bridgehead atoms. The van der Waals surface area contributed by atoms with Gasteiger partial charge in [0.1, 0.15) is 11.5 Å². The van der Waals surface area contributed by atoms with Crippen molar-refractivity contribution in [1.29, 1.82) is 0 Å². The topological polar surface area (TPSA) is 136 Å². The minimum Gasteiger partial charge on any atom is -0.481 e. The molecule has 30 heavy (non-hydrogen) atoms. The van der Waals surface area contributed by atoms with Gasteiger partial charge < -0.3 is 20.9 Å². The Labute approximate surface area is 175 Å². The molecule has 160 valence electrons. The molecule has 1 aliphatic rings. The van der Waals surface area contributed by atoms with Gasteiger partial charge in [0.05, 0.1) is 16.7 Å². The third kappa shape index (κ3) is 6.30. The number of carbonyl (C=O) groups is 2. The van der Waals surface area contributed by atoms with E-state index in [1.54, 1.807) is 48.5 Å². The molecule has 1 atom stereocenters. The number of carboxylic acid groups (broad SMARTS) is 1. The van der Waals surface area contributed by atoms with Crippen LogP contribution < -0.4 is 15.8 Å². The molecule has 0 saturated heterocycles. The van der Waals surface area contributed by atoms with Crippen molar-refractivity contribution in [2.45, 2.75) is 36.6 Å². The van der Waals surface area contributed by atoms with Crippen molar-refractivity contribution in [3.63, 3.8) is 0 Å². The zero-order valence-electron chi connectivity index (χ0n) is 16.3. The third-order valence-corrected chi connectivity index (χ3v) is 6.60. The van der Waals surface area contributed by atoms with Crippen molar-refractivity contribution in [1.82, 2.24) is 0 Å². The van der Waals surface area contributed by atoms with E-state index >= 15 is 0 Å². The van der Waals surface area contributed by atoms with Crippen LogP contribution in [0.4, 0.5) is 5.69 Å². The van der Waals surface area contributed by atoms with E-state index in [4.69, 9.17) is 15.6 Å². The van der Waals surface area contributed by atoms with Gasteiger partial charge in [-0.25, -0.2) is 8.42 Å². The molecule has 0 heterocycles. The van der Waals surface area contributed by atoms with E-state index < -0.39 is 27.8 Å². The van der Waals surface area contributed by atoms with Crippen molar-refractivity contribution in [2.24, 2.45) is 11.7 Å². The zero-order valence-corrected chi connectivity index (χ0v) is 17.1. The number of benzene rings is 2. The lowest BCUT2D eigenvalue weighted by molar-refractivity contribution is -0.137. The summed E-state index contributed by atoms with van der Waals surface area (Å²) in [6.07, 6.45) is 1.83. The number of rotatable bonds is 10. The van der Waals surface area contributed by atoms with Crippen molar-refractivity contribution < 1.29 is 27.9 Å². The van der Waals surface area contributed by atoms with Crippen LogP contribution in [0.2, 0.25) is 0 Å². The van der Waals surface area contributed by atoms with E-state index in [0.29, 0.717) is 22.1 Å². The monoisotopic (exact) mass is 432 g/mol. The number of amides is 1. The molecule has 2 aromatic rings. The van der Waals surface area contributed by atoms with Crippen molar-refractivity contribution >= 4 is 27.4 Å². The van der Waals surface area contributed by atoms with Gasteiger partial charge in [-0.1, -0.05) is 0 Å². The van der Waals surface area contributed by atoms with E-state index in [9.17, 15) is 18.0 Å². The second-order valence-corrected chi connectivity index (χ2v) is 9.39. The van der Waals surface area contributed by atoms with Crippen LogP contribution in [0.3, 0.4) is 0 Å². The van der Waals surface area contributed by atoms with Gasteiger partial charge in [0.25, 0.3) is 0 Å². The number of anilines is 1. The Hall–Kier alpha value is -2.91. The van der Waals surface area contributed by atoms with Crippen molar-refractivity contribution in [3.05, 3.63) is 48.5 Å². The highest BCUT2D eigenvalue weighted by atomic mass is 32.2. The lowest BCUT2D eigenvalue weighted by Gasteiger charge is -2.12. The van der Waals surface area contributed by atoms with E-state index in [1.165, 1.54) is 0 Å². The minimum atomic E-state index is -3.26. The molecule has 0 aliphatic heterocycles. The van der Waals surface area contributed by atoms with Crippen LogP contribution in [-0.4, -0.2) is 37.2 Å². The molecule has 1 unspecified atom stereocenters. The van der Waals surface area contributed by atoms with Crippen LogP contribution in [0, 0.1) is 5.92 Å². The molecule has 3 rings (SSSR count). The molecule has 8 nitrogen and oxygen atoms in total. The van der Waals surface area contributed by atoms with Crippen LogP contribution in [0.15, 0.2) is 53.4 Å². The highest BCUT2D eigenvalue weighted by Crippen LogP contribution is 2.33. The molecular formula is C21H24N2O6S. The zero-order chi connectivity index (χ0) is 21.7. The van der Waals surface area contributed by atoms with E-state index in [1.807, 2.05) is 0 Å². The normalized spacial score (nSPS) is 14.7. The van der Waals surface area contributed by atoms with Gasteiger partial charge in [0.15, 0.2) is 9.84 Å². The first-order valence-corrected chi connectivity index (χ1v) is 11.3. The largest absolute Gasteiger partial charge is 0.481 e. The summed E-state index contributed by atoms with van der Waals surface area (Å²) in [5.41, 5.74) is 6.17. The van der Waals surface area contributed by atoms with E-state index in [0.717, 1.165) is 12.8 Å². The Balaban J connectivity index is 1.55. The predicted molar refractivity (Wildman–Crippen MR) is 111 cm³/mol. The standard InChI is InChI=1S/C21H24N2O6S/c22-19(11-12-20(24)25)21(26)23-15-3-5-16(6-4-15)29-17-7-9-18(10-8-17)30(27,28)13-14-1-2-14/h3-10,14,19H,1-2,11-13,22H2,(H,23,26)(H,24,25). The number of ether oxygens (including phenoxy) is 1. The molecule has 0 radical (unpaired) electrons. The molecule has 4 N–H and O–H groups in total. The van der Waals surface area contributed by atoms with Crippen molar-refractivity contribution in [3.8, 4) is 11.5 Å². The Morgan fingerprint density at radius 1 is 1.07 bits per heavy atom. The summed E-state index contributed by atoms with van der Waals surface area (Å²) in [7, 11) is -3.26. The molecule has 1 amide bonds. The van der Waals surface area contributed by atoms with E-state index in [-0.39, 0.29) is 24.5 Å². The lowest BCUT2D eigenvalue weighted by Crippen LogP contribution is -2.36. The number of nitrogens with one attached hydrogen (secondary N) is 1. The molecule has 1 fully saturated rings. The number of carbonyl (C=O) groups excluding carboxylic acids is 1. The smallest absolute Gasteiger partial charge is 0.303 e. The van der Waals surface area contributed by atoms with Crippen molar-refractivity contribution in [2.75, 3.05) is 11.1 Å². The fourth-order valence-electron chi connectivity index (χ4n) is 2.79. The van der Waals surface area contributed by atoms with Crippen LogP contribution >= 0.6 is 0 Å². The number of sulfone groups is 1. The summed E-state index contributed by atoms with van der Waals surface area (Å²) in [6, 6.07) is 11.9. The molecule has 1 aliphatic carbocycles. The Morgan fingerprint density at radius 2 is 1.63 bits per heavy atom. The van der Waals surface area contributed by atoms with Gasteiger partial charge in [-0.15, -0.1) is 0 Å².